The molecule has 5 atom stereocenters. The highest BCUT2D eigenvalue weighted by Gasteiger charge is 2.63. The van der Waals surface area contributed by atoms with Crippen LogP contribution in [0, 0.1) is 23.7 Å². The molecule has 3 fully saturated rings. The van der Waals surface area contributed by atoms with Gasteiger partial charge in [0.2, 0.25) is 5.91 Å². The molecule has 5 rings (SSSR count). The van der Waals surface area contributed by atoms with E-state index in [1.54, 1.807) is 48.5 Å². The van der Waals surface area contributed by atoms with Crippen LogP contribution < -0.4 is 10.6 Å². The van der Waals surface area contributed by atoms with E-state index in [-0.39, 0.29) is 47.6 Å². The first-order valence-electron chi connectivity index (χ1n) is 9.68. The van der Waals surface area contributed by atoms with Gasteiger partial charge in [0.05, 0.1) is 11.8 Å². The van der Waals surface area contributed by atoms with Crippen molar-refractivity contribution in [2.75, 3.05) is 10.6 Å². The molecular weight excluding hydrogens is 392 g/mol. The van der Waals surface area contributed by atoms with Gasteiger partial charge in [-0.1, -0.05) is 17.7 Å². The fraction of sp³-hybridized carbons (Fsp3) is 0.318. The Bertz CT molecular complexity index is 1000. The molecule has 1 aliphatic heterocycles. The minimum Gasteiger partial charge on any atom is -0.462 e. The predicted octanol–water partition coefficient (Wildman–Crippen LogP) is 3.73. The summed E-state index contributed by atoms with van der Waals surface area (Å²) in [5.74, 6) is -0.998. The Kier molecular flexibility index (Phi) is 4.32. The third kappa shape index (κ3) is 3.17. The van der Waals surface area contributed by atoms with Crippen LogP contribution in [0.2, 0.25) is 5.02 Å². The summed E-state index contributed by atoms with van der Waals surface area (Å²) in [5.41, 5.74) is 1.58. The zero-order chi connectivity index (χ0) is 20.1. The number of hydrogen-bond acceptors (Lipinski definition) is 4. The van der Waals surface area contributed by atoms with Crippen LogP contribution in [0.4, 0.5) is 11.4 Å². The van der Waals surface area contributed by atoms with Gasteiger partial charge >= 0.3 is 5.97 Å². The molecule has 2 saturated carbocycles. The quantitative estimate of drug-likeness (QED) is 0.752. The van der Waals surface area contributed by atoms with Crippen LogP contribution in [0.5, 0.6) is 0 Å². The number of carbonyl (C=O) groups excluding carboxylic acids is 3. The van der Waals surface area contributed by atoms with Crippen LogP contribution in [0.25, 0.3) is 0 Å². The Labute approximate surface area is 172 Å². The van der Waals surface area contributed by atoms with Gasteiger partial charge in [0.15, 0.2) is 0 Å². The summed E-state index contributed by atoms with van der Waals surface area (Å²) < 4.78 is 5.40. The first-order chi connectivity index (χ1) is 14.0. The molecule has 6 nitrogen and oxygen atoms in total. The molecule has 2 aromatic rings. The molecule has 1 heterocycles. The summed E-state index contributed by atoms with van der Waals surface area (Å²) in [6, 6.07) is 13.6. The van der Waals surface area contributed by atoms with E-state index in [4.69, 9.17) is 16.3 Å². The molecule has 1 saturated heterocycles. The van der Waals surface area contributed by atoms with E-state index in [2.05, 4.69) is 10.6 Å². The number of carbonyl (C=O) groups is 3. The van der Waals surface area contributed by atoms with Crippen LogP contribution in [-0.2, 0) is 14.3 Å². The van der Waals surface area contributed by atoms with Gasteiger partial charge in [-0.25, -0.2) is 0 Å². The summed E-state index contributed by atoms with van der Waals surface area (Å²) >= 11 is 5.86. The lowest BCUT2D eigenvalue weighted by molar-refractivity contribution is -0.145. The van der Waals surface area contributed by atoms with Crippen LogP contribution in [-0.4, -0.2) is 23.9 Å². The third-order valence-electron chi connectivity index (χ3n) is 6.28. The number of benzene rings is 2. The van der Waals surface area contributed by atoms with E-state index in [0.717, 1.165) is 12.8 Å². The highest BCUT2D eigenvalue weighted by atomic mass is 35.5. The van der Waals surface area contributed by atoms with Crippen molar-refractivity contribution in [2.45, 2.75) is 18.9 Å². The second-order valence-electron chi connectivity index (χ2n) is 7.95. The fourth-order valence-electron chi connectivity index (χ4n) is 5.06. The topological polar surface area (TPSA) is 84.5 Å². The average molecular weight is 411 g/mol. The first kappa shape index (κ1) is 18.2. The molecular formula is C22H19ClN2O4. The number of ether oxygens (including phenoxy) is 1. The number of fused-ring (bicyclic) bond motifs is 1. The molecule has 7 heteroatoms. The van der Waals surface area contributed by atoms with Crippen molar-refractivity contribution in [3.8, 4) is 0 Å². The van der Waals surface area contributed by atoms with E-state index in [1.807, 2.05) is 0 Å². The smallest absolute Gasteiger partial charge is 0.310 e. The Morgan fingerprint density at radius 3 is 2.59 bits per heavy atom. The maximum Gasteiger partial charge on any atom is 0.310 e. The Balaban J connectivity index is 1.29. The van der Waals surface area contributed by atoms with Gasteiger partial charge in [0.25, 0.3) is 5.91 Å². The standard InChI is InChI=1S/C22H19ClN2O4/c23-13-4-6-14(7-5-13)24-20(26)11-2-1-3-15(8-11)25-21(27)18-12-9-16-17(10-12)29-22(28)19(16)18/h1-8,12,16-19H,9-10H2,(H,24,26)(H,25,27)/t12-,16+,17-,18-,19+/m1/s1. The average Bonchev–Trinajstić information content (AvgIpc) is 3.32. The minimum absolute atomic E-state index is 0.00133. The molecule has 0 spiro atoms. The summed E-state index contributed by atoms with van der Waals surface area (Å²) in [6.45, 7) is 0. The maximum absolute atomic E-state index is 12.9. The van der Waals surface area contributed by atoms with Crippen molar-refractivity contribution in [2.24, 2.45) is 23.7 Å². The van der Waals surface area contributed by atoms with Gasteiger partial charge in [-0.2, -0.15) is 0 Å². The van der Waals surface area contributed by atoms with Gasteiger partial charge in [0, 0.05) is 27.9 Å². The van der Waals surface area contributed by atoms with Crippen LogP contribution >= 0.6 is 11.6 Å². The summed E-state index contributed by atoms with van der Waals surface area (Å²) in [4.78, 5) is 37.6. The first-order valence-corrected chi connectivity index (χ1v) is 10.1. The van der Waals surface area contributed by atoms with Gasteiger partial charge in [-0.05, 0) is 61.2 Å². The SMILES string of the molecule is O=C(Nc1ccc(Cl)cc1)c1cccc(NC(=O)[C@@H]2[C@@H]3C[C@@H]4[C@@H]2C(=O)O[C@@H]4C3)c1. The van der Waals surface area contributed by atoms with E-state index in [0.29, 0.717) is 22.0 Å². The van der Waals surface area contributed by atoms with Crippen molar-refractivity contribution >= 4 is 40.8 Å². The molecule has 2 N–H and O–H groups in total. The summed E-state index contributed by atoms with van der Waals surface area (Å²) in [6.07, 6.45) is 1.65. The predicted molar refractivity (Wildman–Crippen MR) is 108 cm³/mol. The molecule has 2 aromatic carbocycles. The summed E-state index contributed by atoms with van der Waals surface area (Å²) in [5, 5.41) is 6.28. The van der Waals surface area contributed by atoms with Crippen LogP contribution in [0.3, 0.4) is 0 Å². The lowest BCUT2D eigenvalue weighted by Crippen LogP contribution is -2.35. The number of nitrogens with one attached hydrogen (secondary N) is 2. The number of amides is 2. The van der Waals surface area contributed by atoms with Crippen LogP contribution in [0.1, 0.15) is 23.2 Å². The molecule has 2 amide bonds. The minimum atomic E-state index is -0.349. The van der Waals surface area contributed by atoms with Crippen molar-refractivity contribution in [1.29, 1.82) is 0 Å². The molecule has 0 unspecified atom stereocenters. The largest absolute Gasteiger partial charge is 0.462 e. The molecule has 2 aliphatic carbocycles. The number of hydrogen-bond donors (Lipinski definition) is 2. The van der Waals surface area contributed by atoms with Gasteiger partial charge in [-0.3, -0.25) is 14.4 Å². The number of rotatable bonds is 4. The third-order valence-corrected chi connectivity index (χ3v) is 6.53. The highest BCUT2D eigenvalue weighted by molar-refractivity contribution is 6.30. The molecule has 148 valence electrons. The summed E-state index contributed by atoms with van der Waals surface area (Å²) in [7, 11) is 0. The maximum atomic E-state index is 12.9. The normalized spacial score (nSPS) is 28.9. The zero-order valence-electron chi connectivity index (χ0n) is 15.4. The zero-order valence-corrected chi connectivity index (χ0v) is 16.2. The van der Waals surface area contributed by atoms with E-state index in [1.165, 1.54) is 0 Å². The van der Waals surface area contributed by atoms with Crippen LogP contribution in [0.15, 0.2) is 48.5 Å². The van der Waals surface area contributed by atoms with E-state index < -0.39 is 0 Å². The van der Waals surface area contributed by atoms with Gasteiger partial charge in [-0.15, -0.1) is 0 Å². The van der Waals surface area contributed by atoms with Gasteiger partial charge in [0.1, 0.15) is 6.10 Å². The fourth-order valence-corrected chi connectivity index (χ4v) is 5.19. The van der Waals surface area contributed by atoms with Crippen molar-refractivity contribution in [3.63, 3.8) is 0 Å². The molecule has 29 heavy (non-hydrogen) atoms. The van der Waals surface area contributed by atoms with Crippen molar-refractivity contribution < 1.29 is 19.1 Å². The number of esters is 1. The number of anilines is 2. The Hall–Kier alpha value is -2.86. The highest BCUT2D eigenvalue weighted by Crippen LogP contribution is 2.57. The Morgan fingerprint density at radius 2 is 1.79 bits per heavy atom. The lowest BCUT2D eigenvalue weighted by Gasteiger charge is -2.23. The molecule has 0 radical (unpaired) electrons. The van der Waals surface area contributed by atoms with Crippen molar-refractivity contribution in [1.82, 2.24) is 0 Å². The monoisotopic (exact) mass is 410 g/mol. The number of halogens is 1. The molecule has 2 bridgehead atoms. The van der Waals surface area contributed by atoms with E-state index in [9.17, 15) is 14.4 Å². The second-order valence-corrected chi connectivity index (χ2v) is 8.39. The van der Waals surface area contributed by atoms with Gasteiger partial charge < -0.3 is 15.4 Å². The lowest BCUT2D eigenvalue weighted by atomic mass is 9.79. The second kappa shape index (κ2) is 6.88. The molecule has 3 aliphatic rings. The van der Waals surface area contributed by atoms with Crippen molar-refractivity contribution in [3.05, 3.63) is 59.1 Å². The molecule has 0 aromatic heterocycles. The Morgan fingerprint density at radius 1 is 1.00 bits per heavy atom. The van der Waals surface area contributed by atoms with E-state index >= 15 is 0 Å².